The molecule has 0 unspecified atom stereocenters. The van der Waals surface area contributed by atoms with Crippen LogP contribution in [0.3, 0.4) is 0 Å². The Morgan fingerprint density at radius 1 is 1.11 bits per heavy atom. The molecule has 1 aliphatic carbocycles. The normalized spacial score (nSPS) is 17.8. The summed E-state index contributed by atoms with van der Waals surface area (Å²) in [4.78, 5) is 29.0. The maximum absolute atomic E-state index is 12.5. The van der Waals surface area contributed by atoms with Crippen LogP contribution in [0.2, 0.25) is 0 Å². The van der Waals surface area contributed by atoms with Crippen molar-refractivity contribution in [3.05, 3.63) is 58.3 Å². The maximum Gasteiger partial charge on any atom is 0.212 e. The SMILES string of the molecule is O=C1C2=C(N=CCC(CBr)=C2)C(=O)c2ccccc21. The summed E-state index contributed by atoms with van der Waals surface area (Å²) in [7, 11) is 0. The van der Waals surface area contributed by atoms with Crippen LogP contribution in [-0.4, -0.2) is 23.1 Å². The Morgan fingerprint density at radius 3 is 2.47 bits per heavy atom. The van der Waals surface area contributed by atoms with E-state index in [2.05, 4.69) is 20.9 Å². The van der Waals surface area contributed by atoms with Gasteiger partial charge in [-0.2, -0.15) is 0 Å². The molecule has 3 nitrogen and oxygen atoms in total. The number of hydrogen-bond acceptors (Lipinski definition) is 3. The van der Waals surface area contributed by atoms with Crippen LogP contribution in [-0.2, 0) is 0 Å². The Bertz CT molecular complexity index is 683. The van der Waals surface area contributed by atoms with Crippen LogP contribution in [0, 0.1) is 0 Å². The molecule has 0 bridgehead atoms. The number of rotatable bonds is 1. The quantitative estimate of drug-likeness (QED) is 0.747. The molecule has 1 heterocycles. The van der Waals surface area contributed by atoms with Crippen LogP contribution in [0.25, 0.3) is 0 Å². The molecule has 0 aromatic heterocycles. The highest BCUT2D eigenvalue weighted by Gasteiger charge is 2.31. The van der Waals surface area contributed by atoms with Gasteiger partial charge in [-0.15, -0.1) is 0 Å². The van der Waals surface area contributed by atoms with Gasteiger partial charge in [-0.1, -0.05) is 45.8 Å². The van der Waals surface area contributed by atoms with E-state index in [1.54, 1.807) is 36.6 Å². The van der Waals surface area contributed by atoms with Gasteiger partial charge in [0, 0.05) is 29.1 Å². The van der Waals surface area contributed by atoms with Crippen molar-refractivity contribution in [1.82, 2.24) is 0 Å². The Morgan fingerprint density at radius 2 is 1.79 bits per heavy atom. The first-order chi connectivity index (χ1) is 9.22. The van der Waals surface area contributed by atoms with E-state index >= 15 is 0 Å². The minimum atomic E-state index is -0.173. The Labute approximate surface area is 118 Å². The van der Waals surface area contributed by atoms with E-state index in [0.29, 0.717) is 28.5 Å². The third-order valence-electron chi connectivity index (χ3n) is 3.23. The number of carbonyl (C=O) groups excluding carboxylic acids is 2. The number of carbonyl (C=O) groups is 2. The van der Waals surface area contributed by atoms with Crippen molar-refractivity contribution in [2.75, 3.05) is 5.33 Å². The summed E-state index contributed by atoms with van der Waals surface area (Å²) in [6.45, 7) is 0. The van der Waals surface area contributed by atoms with Crippen LogP contribution < -0.4 is 0 Å². The third kappa shape index (κ3) is 1.92. The molecule has 3 rings (SSSR count). The Balaban J connectivity index is 2.24. The van der Waals surface area contributed by atoms with Crippen LogP contribution in [0.5, 0.6) is 0 Å². The number of benzene rings is 1. The lowest BCUT2D eigenvalue weighted by molar-refractivity contribution is 0.0977. The Kier molecular flexibility index (Phi) is 3.03. The monoisotopic (exact) mass is 315 g/mol. The van der Waals surface area contributed by atoms with Gasteiger partial charge >= 0.3 is 0 Å². The molecular weight excluding hydrogens is 306 g/mol. The second-order valence-electron chi connectivity index (χ2n) is 4.42. The van der Waals surface area contributed by atoms with Crippen molar-refractivity contribution < 1.29 is 9.59 Å². The van der Waals surface area contributed by atoms with Crippen molar-refractivity contribution in [2.45, 2.75) is 6.42 Å². The third-order valence-corrected chi connectivity index (χ3v) is 3.95. The average molecular weight is 316 g/mol. The van der Waals surface area contributed by atoms with E-state index in [1.165, 1.54) is 0 Å². The molecule has 0 fully saturated rings. The fraction of sp³-hybridized carbons (Fsp3) is 0.133. The minimum absolute atomic E-state index is 0.122. The van der Waals surface area contributed by atoms with Crippen LogP contribution in [0.1, 0.15) is 27.1 Å². The van der Waals surface area contributed by atoms with Gasteiger partial charge in [-0.05, 0) is 6.08 Å². The summed E-state index contributed by atoms with van der Waals surface area (Å²) in [6.07, 6.45) is 4.12. The summed E-state index contributed by atoms with van der Waals surface area (Å²) < 4.78 is 0. The van der Waals surface area contributed by atoms with Crippen LogP contribution in [0.4, 0.5) is 0 Å². The average Bonchev–Trinajstić information content (AvgIpc) is 2.67. The largest absolute Gasteiger partial charge is 0.288 e. The molecule has 0 radical (unpaired) electrons. The van der Waals surface area contributed by atoms with E-state index in [9.17, 15) is 9.59 Å². The van der Waals surface area contributed by atoms with E-state index in [-0.39, 0.29) is 17.3 Å². The fourth-order valence-corrected chi connectivity index (χ4v) is 2.64. The lowest BCUT2D eigenvalue weighted by Gasteiger charge is -2.16. The molecule has 1 aromatic carbocycles. The van der Waals surface area contributed by atoms with Gasteiger partial charge in [-0.3, -0.25) is 14.6 Å². The maximum atomic E-state index is 12.5. The van der Waals surface area contributed by atoms with E-state index in [4.69, 9.17) is 0 Å². The van der Waals surface area contributed by atoms with Crippen LogP contribution in [0.15, 0.2) is 52.2 Å². The van der Waals surface area contributed by atoms with Crippen LogP contribution >= 0.6 is 15.9 Å². The molecule has 0 N–H and O–H groups in total. The number of ketones is 2. The van der Waals surface area contributed by atoms with Gasteiger partial charge < -0.3 is 0 Å². The summed E-state index contributed by atoms with van der Waals surface area (Å²) in [5, 5.41) is 0.666. The lowest BCUT2D eigenvalue weighted by Crippen LogP contribution is -2.20. The second kappa shape index (κ2) is 4.70. The zero-order chi connectivity index (χ0) is 13.4. The number of hydrogen-bond donors (Lipinski definition) is 0. The molecule has 2 aliphatic rings. The predicted octanol–water partition coefficient (Wildman–Crippen LogP) is 3.12. The molecule has 0 saturated heterocycles. The summed E-state index contributed by atoms with van der Waals surface area (Å²) in [5.41, 5.74) is 2.62. The standard InChI is InChI=1S/C15H10BrNO2/c16-8-9-5-6-17-13-12(7-9)14(18)10-3-1-2-4-11(10)15(13)19/h1-4,6-7H,5,8H2. The first-order valence-corrected chi connectivity index (χ1v) is 7.05. The molecular formula is C15H10BrNO2. The fourth-order valence-electron chi connectivity index (χ4n) is 2.25. The molecule has 19 heavy (non-hydrogen) atoms. The van der Waals surface area contributed by atoms with E-state index in [1.807, 2.05) is 0 Å². The highest BCUT2D eigenvalue weighted by atomic mass is 79.9. The first-order valence-electron chi connectivity index (χ1n) is 5.93. The van der Waals surface area contributed by atoms with Crippen molar-refractivity contribution in [1.29, 1.82) is 0 Å². The number of allylic oxidation sites excluding steroid dienone is 4. The van der Waals surface area contributed by atoms with Crippen molar-refractivity contribution in [3.63, 3.8) is 0 Å². The van der Waals surface area contributed by atoms with Crippen molar-refractivity contribution >= 4 is 33.7 Å². The number of nitrogens with zero attached hydrogens (tertiary/aromatic N) is 1. The van der Waals surface area contributed by atoms with Crippen molar-refractivity contribution in [2.24, 2.45) is 4.99 Å². The minimum Gasteiger partial charge on any atom is -0.288 e. The zero-order valence-electron chi connectivity index (χ0n) is 10.0. The molecule has 94 valence electrons. The summed E-state index contributed by atoms with van der Waals surface area (Å²) in [5.74, 6) is -0.295. The zero-order valence-corrected chi connectivity index (χ0v) is 11.6. The van der Waals surface area contributed by atoms with Gasteiger partial charge in [-0.25, -0.2) is 0 Å². The molecule has 4 heteroatoms. The lowest BCUT2D eigenvalue weighted by atomic mass is 9.87. The number of halogens is 1. The van der Waals surface area contributed by atoms with Gasteiger partial charge in [0.05, 0.1) is 5.57 Å². The van der Waals surface area contributed by atoms with Gasteiger partial charge in [0.2, 0.25) is 5.78 Å². The first kappa shape index (κ1) is 12.2. The number of aliphatic imine (C=N–C) groups is 1. The molecule has 1 aliphatic heterocycles. The summed E-state index contributed by atoms with van der Waals surface area (Å²) in [6, 6.07) is 6.89. The number of Topliss-reactive ketones (excluding diaryl/α,β-unsaturated/α-hetero) is 2. The smallest absolute Gasteiger partial charge is 0.212 e. The predicted molar refractivity (Wildman–Crippen MR) is 77.1 cm³/mol. The van der Waals surface area contributed by atoms with Gasteiger partial charge in [0.25, 0.3) is 0 Å². The second-order valence-corrected chi connectivity index (χ2v) is 4.98. The highest BCUT2D eigenvalue weighted by Crippen LogP contribution is 2.30. The van der Waals surface area contributed by atoms with E-state index in [0.717, 1.165) is 5.57 Å². The summed E-state index contributed by atoms with van der Waals surface area (Å²) >= 11 is 3.38. The number of alkyl halides is 1. The van der Waals surface area contributed by atoms with Crippen molar-refractivity contribution in [3.8, 4) is 0 Å². The molecule has 1 aromatic rings. The Hall–Kier alpha value is -1.81. The highest BCUT2D eigenvalue weighted by molar-refractivity contribution is 9.09. The van der Waals surface area contributed by atoms with Gasteiger partial charge in [0.1, 0.15) is 5.70 Å². The van der Waals surface area contributed by atoms with Gasteiger partial charge in [0.15, 0.2) is 5.78 Å². The number of fused-ring (bicyclic) bond motifs is 1. The molecule has 0 atom stereocenters. The molecule has 0 saturated carbocycles. The van der Waals surface area contributed by atoms with E-state index < -0.39 is 0 Å². The molecule has 0 amide bonds. The molecule has 0 spiro atoms. The topological polar surface area (TPSA) is 46.5 Å².